The zero-order chi connectivity index (χ0) is 17.1. The van der Waals surface area contributed by atoms with Gasteiger partial charge in [-0.2, -0.15) is 0 Å². The number of anilines is 2. The average Bonchev–Trinajstić information content (AvgIpc) is 2.55. The Morgan fingerprint density at radius 1 is 1.12 bits per heavy atom. The fourth-order valence-corrected chi connectivity index (χ4v) is 2.55. The van der Waals surface area contributed by atoms with Crippen molar-refractivity contribution in [1.29, 1.82) is 0 Å². The molecule has 3 N–H and O–H groups in total. The van der Waals surface area contributed by atoms with Gasteiger partial charge in [-0.15, -0.1) is 0 Å². The van der Waals surface area contributed by atoms with Crippen molar-refractivity contribution in [3.63, 3.8) is 0 Å². The van der Waals surface area contributed by atoms with E-state index in [4.69, 9.17) is 10.2 Å². The molecule has 0 atom stereocenters. The van der Waals surface area contributed by atoms with Crippen molar-refractivity contribution in [2.45, 2.75) is 0 Å². The molecule has 0 saturated carbocycles. The predicted octanol–water partition coefficient (Wildman–Crippen LogP) is 3.02. The van der Waals surface area contributed by atoms with Crippen LogP contribution in [0, 0.1) is 0 Å². The van der Waals surface area contributed by atoms with Crippen LogP contribution >= 0.6 is 0 Å². The van der Waals surface area contributed by atoms with E-state index in [1.807, 2.05) is 38.4 Å². The van der Waals surface area contributed by atoms with E-state index in [2.05, 4.69) is 10.2 Å². The first-order chi connectivity index (χ1) is 11.5. The molecule has 0 radical (unpaired) electrons. The Morgan fingerprint density at radius 2 is 1.88 bits per heavy atom. The van der Waals surface area contributed by atoms with E-state index in [0.717, 1.165) is 24.3 Å². The maximum absolute atomic E-state index is 12.3. The van der Waals surface area contributed by atoms with Gasteiger partial charge in [0.25, 0.3) is 0 Å². The number of nitrogen functional groups attached to an aromatic ring is 1. The van der Waals surface area contributed by atoms with Crippen LogP contribution in [-0.2, 0) is 0 Å². The van der Waals surface area contributed by atoms with Crippen LogP contribution in [0.4, 0.5) is 11.4 Å². The van der Waals surface area contributed by atoms with Crippen molar-refractivity contribution in [3.05, 3.63) is 58.8 Å². The summed E-state index contributed by atoms with van der Waals surface area (Å²) in [6, 6.07) is 14.6. The third kappa shape index (κ3) is 3.41. The summed E-state index contributed by atoms with van der Waals surface area (Å²) in [5, 5.41) is 3.79. The van der Waals surface area contributed by atoms with Crippen molar-refractivity contribution in [1.82, 2.24) is 4.90 Å². The normalized spacial score (nSPS) is 11.1. The van der Waals surface area contributed by atoms with E-state index in [1.54, 1.807) is 18.2 Å². The summed E-state index contributed by atoms with van der Waals surface area (Å²) in [4.78, 5) is 14.4. The molecule has 0 bridgehead atoms. The number of nitrogens with two attached hydrogens (primary N) is 1. The molecule has 3 rings (SSSR count). The lowest BCUT2D eigenvalue weighted by atomic mass is 10.1. The average molecular weight is 323 g/mol. The maximum Gasteiger partial charge on any atom is 0.195 e. The lowest BCUT2D eigenvalue weighted by Gasteiger charge is -2.11. The Hall–Kier alpha value is -2.79. The molecular weight excluding hydrogens is 302 g/mol. The van der Waals surface area contributed by atoms with Gasteiger partial charge in [-0.3, -0.25) is 4.79 Å². The fraction of sp³-hybridized carbons (Fsp3) is 0.211. The lowest BCUT2D eigenvalue weighted by molar-refractivity contribution is 0.425. The Morgan fingerprint density at radius 3 is 2.58 bits per heavy atom. The third-order valence-corrected chi connectivity index (χ3v) is 3.84. The molecule has 0 aliphatic heterocycles. The van der Waals surface area contributed by atoms with Crippen LogP contribution in [0.15, 0.2) is 57.7 Å². The van der Waals surface area contributed by atoms with Crippen LogP contribution in [0.1, 0.15) is 0 Å². The topological polar surface area (TPSA) is 71.5 Å². The quantitative estimate of drug-likeness (QED) is 0.706. The van der Waals surface area contributed by atoms with Crippen molar-refractivity contribution < 1.29 is 4.42 Å². The third-order valence-electron chi connectivity index (χ3n) is 3.84. The number of fused-ring (bicyclic) bond motifs is 1. The summed E-state index contributed by atoms with van der Waals surface area (Å²) < 4.78 is 5.85. The van der Waals surface area contributed by atoms with Gasteiger partial charge in [0, 0.05) is 36.1 Å². The van der Waals surface area contributed by atoms with Gasteiger partial charge in [-0.05, 0) is 50.5 Å². The summed E-state index contributed by atoms with van der Waals surface area (Å²) >= 11 is 0. The zero-order valence-corrected chi connectivity index (χ0v) is 13.9. The number of likely N-dealkylation sites (N-methyl/N-ethyl adjacent to an activating group) is 1. The summed E-state index contributed by atoms with van der Waals surface area (Å²) in [5.74, 6) is 0.540. The predicted molar refractivity (Wildman–Crippen MR) is 99.4 cm³/mol. The first-order valence-corrected chi connectivity index (χ1v) is 7.86. The number of hydrogen-bond acceptors (Lipinski definition) is 5. The van der Waals surface area contributed by atoms with Crippen LogP contribution in [0.3, 0.4) is 0 Å². The number of nitrogens with zero attached hydrogens (tertiary/aromatic N) is 1. The van der Waals surface area contributed by atoms with Gasteiger partial charge in [-0.1, -0.05) is 6.07 Å². The van der Waals surface area contributed by atoms with E-state index in [0.29, 0.717) is 22.4 Å². The molecular formula is C19H21N3O2. The van der Waals surface area contributed by atoms with Crippen molar-refractivity contribution >= 4 is 22.3 Å². The highest BCUT2D eigenvalue weighted by molar-refractivity contribution is 5.89. The number of hydrogen-bond donors (Lipinski definition) is 2. The molecule has 0 saturated heterocycles. The van der Waals surface area contributed by atoms with Gasteiger partial charge in [0.15, 0.2) is 5.43 Å². The van der Waals surface area contributed by atoms with E-state index in [-0.39, 0.29) is 5.43 Å². The summed E-state index contributed by atoms with van der Waals surface area (Å²) in [6.07, 6.45) is 0. The Bertz CT molecular complexity index is 899. The molecule has 0 aliphatic carbocycles. The highest BCUT2D eigenvalue weighted by Crippen LogP contribution is 2.25. The van der Waals surface area contributed by atoms with E-state index < -0.39 is 0 Å². The van der Waals surface area contributed by atoms with Gasteiger partial charge >= 0.3 is 0 Å². The lowest BCUT2D eigenvalue weighted by Crippen LogP contribution is -2.20. The van der Waals surface area contributed by atoms with Crippen LogP contribution in [-0.4, -0.2) is 32.1 Å². The van der Waals surface area contributed by atoms with Crippen LogP contribution in [0.5, 0.6) is 0 Å². The molecule has 0 amide bonds. The molecule has 0 unspecified atom stereocenters. The SMILES string of the molecule is CN(C)CCNc1ccc(-c2cc(=O)c3c(N)cccc3o2)cc1. The Kier molecular flexibility index (Phi) is 4.53. The smallest absolute Gasteiger partial charge is 0.195 e. The molecule has 3 aromatic rings. The van der Waals surface area contributed by atoms with Crippen molar-refractivity contribution in [3.8, 4) is 11.3 Å². The van der Waals surface area contributed by atoms with E-state index in [9.17, 15) is 4.79 Å². The first-order valence-electron chi connectivity index (χ1n) is 7.86. The van der Waals surface area contributed by atoms with E-state index in [1.165, 1.54) is 6.07 Å². The van der Waals surface area contributed by atoms with Gasteiger partial charge in [0.1, 0.15) is 11.3 Å². The van der Waals surface area contributed by atoms with Crippen LogP contribution in [0.25, 0.3) is 22.3 Å². The molecule has 0 aliphatic rings. The second kappa shape index (κ2) is 6.76. The fourth-order valence-electron chi connectivity index (χ4n) is 2.55. The van der Waals surface area contributed by atoms with Crippen molar-refractivity contribution in [2.75, 3.05) is 38.2 Å². The minimum atomic E-state index is -0.127. The molecule has 5 heteroatoms. The zero-order valence-electron chi connectivity index (χ0n) is 13.9. The van der Waals surface area contributed by atoms with Crippen molar-refractivity contribution in [2.24, 2.45) is 0 Å². The van der Waals surface area contributed by atoms with Gasteiger partial charge < -0.3 is 20.4 Å². The molecule has 2 aromatic carbocycles. The standard InChI is InChI=1S/C19H21N3O2/c1-22(2)11-10-21-14-8-6-13(7-9-14)18-12-16(23)19-15(20)4-3-5-17(19)24-18/h3-9,12,21H,10-11,20H2,1-2H3. The van der Waals surface area contributed by atoms with Crippen LogP contribution in [0.2, 0.25) is 0 Å². The van der Waals surface area contributed by atoms with Gasteiger partial charge in [0.2, 0.25) is 0 Å². The molecule has 5 nitrogen and oxygen atoms in total. The molecule has 0 fully saturated rings. The summed E-state index contributed by atoms with van der Waals surface area (Å²) in [5.41, 5.74) is 8.57. The Labute approximate surface area is 140 Å². The molecule has 1 heterocycles. The second-order valence-corrected chi connectivity index (χ2v) is 6.00. The number of nitrogens with one attached hydrogen (secondary N) is 1. The number of rotatable bonds is 5. The summed E-state index contributed by atoms with van der Waals surface area (Å²) in [6.45, 7) is 1.83. The maximum atomic E-state index is 12.3. The van der Waals surface area contributed by atoms with E-state index >= 15 is 0 Å². The molecule has 124 valence electrons. The van der Waals surface area contributed by atoms with Gasteiger partial charge in [0.05, 0.1) is 5.39 Å². The molecule has 0 spiro atoms. The minimum Gasteiger partial charge on any atom is -0.456 e. The Balaban J connectivity index is 1.87. The summed E-state index contributed by atoms with van der Waals surface area (Å²) in [7, 11) is 4.08. The minimum absolute atomic E-state index is 0.127. The molecule has 1 aromatic heterocycles. The first kappa shape index (κ1) is 16.1. The highest BCUT2D eigenvalue weighted by atomic mass is 16.3. The largest absolute Gasteiger partial charge is 0.456 e. The second-order valence-electron chi connectivity index (χ2n) is 6.00. The highest BCUT2D eigenvalue weighted by Gasteiger charge is 2.09. The van der Waals surface area contributed by atoms with Crippen LogP contribution < -0.4 is 16.5 Å². The number of benzene rings is 2. The molecule has 24 heavy (non-hydrogen) atoms. The monoisotopic (exact) mass is 323 g/mol. The van der Waals surface area contributed by atoms with Gasteiger partial charge in [-0.25, -0.2) is 0 Å².